The van der Waals surface area contributed by atoms with Crippen LogP contribution in [0.5, 0.6) is 5.75 Å². The third kappa shape index (κ3) is 4.32. The van der Waals surface area contributed by atoms with Crippen LogP contribution in [0.1, 0.15) is 22.7 Å². The van der Waals surface area contributed by atoms with Gasteiger partial charge in [0.15, 0.2) is 6.61 Å². The van der Waals surface area contributed by atoms with Crippen LogP contribution in [-0.2, 0) is 22.6 Å². The van der Waals surface area contributed by atoms with Gasteiger partial charge in [-0.05, 0) is 29.7 Å². The fourth-order valence-electron chi connectivity index (χ4n) is 4.37. The first-order chi connectivity index (χ1) is 16.2. The van der Waals surface area contributed by atoms with E-state index in [4.69, 9.17) is 4.74 Å². The summed E-state index contributed by atoms with van der Waals surface area (Å²) in [5, 5.41) is 4.14. The summed E-state index contributed by atoms with van der Waals surface area (Å²) in [4.78, 5) is 31.5. The lowest BCUT2D eigenvalue weighted by Crippen LogP contribution is -2.44. The van der Waals surface area contributed by atoms with Gasteiger partial charge in [-0.15, -0.1) is 0 Å². The molecule has 3 aromatic carbocycles. The second-order valence-electron chi connectivity index (χ2n) is 8.13. The molecule has 0 fully saturated rings. The van der Waals surface area contributed by atoms with Crippen molar-refractivity contribution in [3.63, 3.8) is 0 Å². The van der Waals surface area contributed by atoms with E-state index in [9.17, 15) is 9.59 Å². The predicted octanol–water partition coefficient (Wildman–Crippen LogP) is 3.99. The average molecular weight is 440 g/mol. The zero-order valence-corrected chi connectivity index (χ0v) is 18.2. The van der Waals surface area contributed by atoms with Crippen LogP contribution in [0.4, 0.5) is 0 Å². The zero-order valence-electron chi connectivity index (χ0n) is 18.2. The van der Waals surface area contributed by atoms with Crippen molar-refractivity contribution in [3.05, 3.63) is 102 Å². The number of hydrogen-bond acceptors (Lipinski definition) is 3. The Labute approximate surface area is 192 Å². The number of carbonyl (C=O) groups is 2. The van der Waals surface area contributed by atoms with Crippen molar-refractivity contribution in [1.29, 1.82) is 0 Å². The normalized spacial score (nSPS) is 15.6. The number of fused-ring (bicyclic) bond motifs is 2. The number of rotatable bonds is 6. The Hall–Kier alpha value is -4.06. The third-order valence-electron chi connectivity index (χ3n) is 6.05. The molecule has 1 unspecified atom stereocenters. The molecule has 0 aliphatic carbocycles. The summed E-state index contributed by atoms with van der Waals surface area (Å²) in [6.45, 7) is 0.707. The molecule has 2 N–H and O–H groups in total. The van der Waals surface area contributed by atoms with Crippen molar-refractivity contribution in [3.8, 4) is 5.75 Å². The second-order valence-corrected chi connectivity index (χ2v) is 8.13. The van der Waals surface area contributed by atoms with Gasteiger partial charge in [-0.2, -0.15) is 0 Å². The molecule has 2 amide bonds. The molecule has 0 radical (unpaired) electrons. The smallest absolute Gasteiger partial charge is 0.261 e. The van der Waals surface area contributed by atoms with Crippen molar-refractivity contribution in [1.82, 2.24) is 15.2 Å². The Morgan fingerprint density at radius 2 is 1.76 bits per heavy atom. The highest BCUT2D eigenvalue weighted by molar-refractivity contribution is 5.91. The van der Waals surface area contributed by atoms with Gasteiger partial charge >= 0.3 is 0 Å². The molecule has 0 spiro atoms. The summed E-state index contributed by atoms with van der Waals surface area (Å²) in [6, 6.07) is 24.5. The van der Waals surface area contributed by atoms with Crippen LogP contribution >= 0.6 is 0 Å². The fraction of sp³-hybridized carbons (Fsp3) is 0.185. The summed E-state index contributed by atoms with van der Waals surface area (Å²) in [5.41, 5.74) is 3.87. The molecule has 1 aliphatic heterocycles. The maximum absolute atomic E-state index is 13.4. The van der Waals surface area contributed by atoms with E-state index in [0.717, 1.165) is 22.0 Å². The zero-order chi connectivity index (χ0) is 22.6. The van der Waals surface area contributed by atoms with Crippen molar-refractivity contribution in [2.75, 3.05) is 13.2 Å². The number of benzene rings is 3. The first kappa shape index (κ1) is 20.8. The maximum Gasteiger partial charge on any atom is 0.261 e. The molecule has 0 bridgehead atoms. The summed E-state index contributed by atoms with van der Waals surface area (Å²) in [6.07, 6.45) is 2.60. The van der Waals surface area contributed by atoms with Crippen LogP contribution in [0.15, 0.2) is 85.1 Å². The largest absolute Gasteiger partial charge is 0.483 e. The molecular formula is C27H25N3O3. The second kappa shape index (κ2) is 9.20. The number of carbonyl (C=O) groups excluding carboxylic acids is 2. The molecule has 33 heavy (non-hydrogen) atoms. The molecule has 2 heterocycles. The molecule has 1 atom stereocenters. The lowest BCUT2D eigenvalue weighted by atomic mass is 10.0. The molecule has 0 saturated carbocycles. The van der Waals surface area contributed by atoms with Crippen molar-refractivity contribution in [2.24, 2.45) is 0 Å². The van der Waals surface area contributed by atoms with Gasteiger partial charge in [0.25, 0.3) is 5.91 Å². The summed E-state index contributed by atoms with van der Waals surface area (Å²) in [7, 11) is 0. The van der Waals surface area contributed by atoms with Gasteiger partial charge in [-0.25, -0.2) is 0 Å². The monoisotopic (exact) mass is 439 g/mol. The van der Waals surface area contributed by atoms with E-state index in [-0.39, 0.29) is 18.4 Å². The van der Waals surface area contributed by atoms with Gasteiger partial charge in [0.1, 0.15) is 11.8 Å². The topological polar surface area (TPSA) is 74.4 Å². The molecule has 166 valence electrons. The molecular weight excluding hydrogens is 414 g/mol. The number of nitrogens with zero attached hydrogens (tertiary/aromatic N) is 1. The first-order valence-electron chi connectivity index (χ1n) is 11.1. The molecule has 6 heteroatoms. The van der Waals surface area contributed by atoms with Gasteiger partial charge in [-0.3, -0.25) is 9.59 Å². The predicted molar refractivity (Wildman–Crippen MR) is 127 cm³/mol. The van der Waals surface area contributed by atoms with Gasteiger partial charge in [0, 0.05) is 35.8 Å². The van der Waals surface area contributed by atoms with Crippen LogP contribution in [0, 0.1) is 0 Å². The SMILES string of the molecule is O=C(NCc1ccccc1)C1c2ccccc2OCC(=O)N1CCc1c[nH]c2ccccc12. The lowest BCUT2D eigenvalue weighted by molar-refractivity contribution is -0.141. The van der Waals surface area contributed by atoms with E-state index < -0.39 is 6.04 Å². The van der Waals surface area contributed by atoms with Gasteiger partial charge < -0.3 is 19.9 Å². The molecule has 0 saturated heterocycles. The molecule has 6 nitrogen and oxygen atoms in total. The van der Waals surface area contributed by atoms with Gasteiger partial charge in [0.05, 0.1) is 0 Å². The molecule has 4 aromatic rings. The maximum atomic E-state index is 13.4. The Morgan fingerprint density at radius 1 is 1.00 bits per heavy atom. The van der Waals surface area contributed by atoms with E-state index in [1.54, 1.807) is 4.90 Å². The molecule has 1 aromatic heterocycles. The van der Waals surface area contributed by atoms with E-state index >= 15 is 0 Å². The number of amides is 2. The van der Waals surface area contributed by atoms with E-state index in [1.165, 1.54) is 0 Å². The number of nitrogens with one attached hydrogen (secondary N) is 2. The van der Waals surface area contributed by atoms with Crippen molar-refractivity contribution >= 4 is 22.7 Å². The number of H-pyrrole nitrogens is 1. The summed E-state index contributed by atoms with van der Waals surface area (Å²) >= 11 is 0. The van der Waals surface area contributed by atoms with Gasteiger partial charge in [-0.1, -0.05) is 66.7 Å². The minimum Gasteiger partial charge on any atom is -0.483 e. The van der Waals surface area contributed by atoms with Crippen molar-refractivity contribution in [2.45, 2.75) is 19.0 Å². The van der Waals surface area contributed by atoms with Crippen molar-refractivity contribution < 1.29 is 14.3 Å². The number of aromatic nitrogens is 1. The Morgan fingerprint density at radius 3 is 2.64 bits per heavy atom. The number of hydrogen-bond donors (Lipinski definition) is 2. The standard InChI is InChI=1S/C27H25N3O3/c31-25-18-33-24-13-7-5-11-22(24)26(27(32)29-16-19-8-2-1-3-9-19)30(25)15-14-20-17-28-23-12-6-4-10-21(20)23/h1-13,17,26,28H,14-16,18H2,(H,29,32). The van der Waals surface area contributed by atoms with Gasteiger partial charge in [0.2, 0.25) is 5.91 Å². The van der Waals surface area contributed by atoms with E-state index in [2.05, 4.69) is 16.4 Å². The molecule has 5 rings (SSSR count). The van der Waals surface area contributed by atoms with Crippen LogP contribution < -0.4 is 10.1 Å². The Kier molecular flexibility index (Phi) is 5.81. The Balaban J connectivity index is 1.42. The van der Waals surface area contributed by atoms with E-state index in [0.29, 0.717) is 30.8 Å². The summed E-state index contributed by atoms with van der Waals surface area (Å²) < 4.78 is 5.76. The number of ether oxygens (including phenoxy) is 1. The quantitative estimate of drug-likeness (QED) is 0.477. The van der Waals surface area contributed by atoms with Crippen LogP contribution in [0.3, 0.4) is 0 Å². The third-order valence-corrected chi connectivity index (χ3v) is 6.05. The van der Waals surface area contributed by atoms with Crippen LogP contribution in [-0.4, -0.2) is 34.8 Å². The highest BCUT2D eigenvalue weighted by Gasteiger charge is 2.35. The Bertz CT molecular complexity index is 1280. The first-order valence-corrected chi connectivity index (χ1v) is 11.1. The lowest BCUT2D eigenvalue weighted by Gasteiger charge is -2.29. The average Bonchev–Trinajstić information content (AvgIpc) is 3.21. The highest BCUT2D eigenvalue weighted by Crippen LogP contribution is 2.33. The highest BCUT2D eigenvalue weighted by atomic mass is 16.5. The number of aromatic amines is 1. The molecule has 1 aliphatic rings. The number of para-hydroxylation sites is 2. The van der Waals surface area contributed by atoms with E-state index in [1.807, 2.05) is 79.0 Å². The van der Waals surface area contributed by atoms with Crippen LogP contribution in [0.2, 0.25) is 0 Å². The fourth-order valence-corrected chi connectivity index (χ4v) is 4.37. The van der Waals surface area contributed by atoms with Crippen LogP contribution in [0.25, 0.3) is 10.9 Å². The minimum atomic E-state index is -0.759. The summed E-state index contributed by atoms with van der Waals surface area (Å²) in [5.74, 6) is 0.148. The minimum absolute atomic E-state index is 0.0899.